The van der Waals surface area contributed by atoms with Crippen molar-refractivity contribution >= 4 is 5.82 Å². The molecule has 0 aliphatic heterocycles. The molecule has 0 spiro atoms. The van der Waals surface area contributed by atoms with Crippen LogP contribution in [-0.2, 0) is 0 Å². The molecule has 5 heteroatoms. The monoisotopic (exact) mass is 168 g/mol. The number of aromatic nitrogens is 2. The quantitative estimate of drug-likeness (QED) is 0.645. The van der Waals surface area contributed by atoms with Crippen LogP contribution >= 0.6 is 0 Å². The van der Waals surface area contributed by atoms with Gasteiger partial charge in [-0.3, -0.25) is 0 Å². The predicted octanol–water partition coefficient (Wildman–Crippen LogP) is -0.517. The Labute approximate surface area is 70.6 Å². The first-order valence-electron chi connectivity index (χ1n) is 3.60. The minimum Gasteiger partial charge on any atom is -0.373 e. The second-order valence-electron chi connectivity index (χ2n) is 2.54. The van der Waals surface area contributed by atoms with E-state index in [1.807, 2.05) is 0 Å². The third-order valence-corrected chi connectivity index (χ3v) is 1.47. The average molecular weight is 168 g/mol. The van der Waals surface area contributed by atoms with E-state index in [1.54, 1.807) is 38.4 Å². The third-order valence-electron chi connectivity index (χ3n) is 1.47. The molecule has 0 aliphatic carbocycles. The van der Waals surface area contributed by atoms with Gasteiger partial charge >= 0.3 is 5.69 Å². The van der Waals surface area contributed by atoms with Crippen molar-refractivity contribution in [1.29, 1.82) is 0 Å². The standard InChI is InChI=1S/C7H12N4O/c1-8-6-4-5-11(10(2)3)7(12)9-6/h4-5H,1-3H3,(H,8,9,12). The van der Waals surface area contributed by atoms with Crippen molar-refractivity contribution in [2.24, 2.45) is 0 Å². The lowest BCUT2D eigenvalue weighted by atomic mass is 10.6. The molecule has 1 N–H and O–H groups in total. The summed E-state index contributed by atoms with van der Waals surface area (Å²) in [5.41, 5.74) is -0.285. The summed E-state index contributed by atoms with van der Waals surface area (Å²) in [4.78, 5) is 15.0. The molecule has 0 fully saturated rings. The van der Waals surface area contributed by atoms with Crippen LogP contribution in [0.3, 0.4) is 0 Å². The van der Waals surface area contributed by atoms with Crippen molar-refractivity contribution in [2.75, 3.05) is 31.5 Å². The summed E-state index contributed by atoms with van der Waals surface area (Å²) < 4.78 is 1.42. The van der Waals surface area contributed by atoms with Crippen LogP contribution in [0.5, 0.6) is 0 Å². The fourth-order valence-electron chi connectivity index (χ4n) is 0.840. The summed E-state index contributed by atoms with van der Waals surface area (Å²) in [6.45, 7) is 0. The first kappa shape index (κ1) is 8.58. The normalized spacial score (nSPS) is 9.58. The van der Waals surface area contributed by atoms with Gasteiger partial charge in [-0.25, -0.2) is 9.47 Å². The number of nitrogens with zero attached hydrogens (tertiary/aromatic N) is 3. The second kappa shape index (κ2) is 3.25. The molecule has 1 rings (SSSR count). The fraction of sp³-hybridized carbons (Fsp3) is 0.429. The van der Waals surface area contributed by atoms with E-state index in [0.717, 1.165) is 0 Å². The molecule has 0 amide bonds. The topological polar surface area (TPSA) is 50.2 Å². The molecular formula is C7H12N4O. The van der Waals surface area contributed by atoms with E-state index < -0.39 is 0 Å². The smallest absolute Gasteiger partial charge is 0.368 e. The van der Waals surface area contributed by atoms with Crippen molar-refractivity contribution in [3.05, 3.63) is 22.7 Å². The highest BCUT2D eigenvalue weighted by atomic mass is 16.2. The van der Waals surface area contributed by atoms with Crippen LogP contribution < -0.4 is 16.0 Å². The molecule has 1 aromatic rings. The highest BCUT2D eigenvalue weighted by Crippen LogP contribution is 1.93. The average Bonchev–Trinajstić information content (AvgIpc) is 2.03. The Morgan fingerprint density at radius 2 is 2.25 bits per heavy atom. The summed E-state index contributed by atoms with van der Waals surface area (Å²) in [7, 11) is 5.28. The van der Waals surface area contributed by atoms with Gasteiger partial charge in [0.25, 0.3) is 0 Å². The molecule has 0 saturated carbocycles. The fourth-order valence-corrected chi connectivity index (χ4v) is 0.840. The van der Waals surface area contributed by atoms with Gasteiger partial charge in [0.2, 0.25) is 0 Å². The number of hydrogen-bond donors (Lipinski definition) is 1. The molecule has 5 nitrogen and oxygen atoms in total. The predicted molar refractivity (Wildman–Crippen MR) is 48.1 cm³/mol. The van der Waals surface area contributed by atoms with Crippen molar-refractivity contribution < 1.29 is 0 Å². The van der Waals surface area contributed by atoms with Crippen LogP contribution in [0.1, 0.15) is 0 Å². The Kier molecular flexibility index (Phi) is 2.32. The van der Waals surface area contributed by atoms with E-state index in [2.05, 4.69) is 10.3 Å². The van der Waals surface area contributed by atoms with Gasteiger partial charge in [0.15, 0.2) is 0 Å². The maximum Gasteiger partial charge on any atom is 0.368 e. The number of rotatable bonds is 2. The third kappa shape index (κ3) is 1.55. The first-order chi connectivity index (χ1) is 5.65. The van der Waals surface area contributed by atoms with Crippen LogP contribution in [0.25, 0.3) is 0 Å². The first-order valence-corrected chi connectivity index (χ1v) is 3.60. The van der Waals surface area contributed by atoms with Crippen molar-refractivity contribution in [2.45, 2.75) is 0 Å². The lowest BCUT2D eigenvalue weighted by molar-refractivity contribution is 0.677. The minimum atomic E-state index is -0.285. The Bertz CT molecular complexity index is 317. The maximum atomic E-state index is 11.2. The number of hydrogen-bond acceptors (Lipinski definition) is 4. The van der Waals surface area contributed by atoms with Crippen LogP contribution in [0.4, 0.5) is 5.82 Å². The van der Waals surface area contributed by atoms with Gasteiger partial charge in [0, 0.05) is 27.3 Å². The lowest BCUT2D eigenvalue weighted by Crippen LogP contribution is -2.36. The molecule has 0 radical (unpaired) electrons. The van der Waals surface area contributed by atoms with Crippen LogP contribution in [0, 0.1) is 0 Å². The van der Waals surface area contributed by atoms with E-state index in [9.17, 15) is 4.79 Å². The van der Waals surface area contributed by atoms with E-state index in [0.29, 0.717) is 5.82 Å². The maximum absolute atomic E-state index is 11.2. The lowest BCUT2D eigenvalue weighted by Gasteiger charge is -2.14. The molecule has 12 heavy (non-hydrogen) atoms. The van der Waals surface area contributed by atoms with E-state index in [4.69, 9.17) is 0 Å². The SMILES string of the molecule is CNc1ccn(N(C)C)c(=O)n1. The zero-order valence-corrected chi connectivity index (χ0v) is 7.40. The van der Waals surface area contributed by atoms with Crippen LogP contribution in [0.2, 0.25) is 0 Å². The van der Waals surface area contributed by atoms with Crippen LogP contribution in [0.15, 0.2) is 17.1 Å². The van der Waals surface area contributed by atoms with E-state index >= 15 is 0 Å². The molecule has 0 atom stereocenters. The molecule has 0 bridgehead atoms. The Morgan fingerprint density at radius 1 is 1.58 bits per heavy atom. The summed E-state index contributed by atoms with van der Waals surface area (Å²) in [6, 6.07) is 1.74. The zero-order valence-electron chi connectivity index (χ0n) is 7.40. The van der Waals surface area contributed by atoms with E-state index in [1.165, 1.54) is 4.68 Å². The summed E-state index contributed by atoms with van der Waals surface area (Å²) >= 11 is 0. The Morgan fingerprint density at radius 3 is 2.67 bits per heavy atom. The highest BCUT2D eigenvalue weighted by molar-refractivity contribution is 5.30. The van der Waals surface area contributed by atoms with E-state index in [-0.39, 0.29) is 5.69 Å². The van der Waals surface area contributed by atoms with Gasteiger partial charge in [-0.1, -0.05) is 0 Å². The largest absolute Gasteiger partial charge is 0.373 e. The van der Waals surface area contributed by atoms with Crippen LogP contribution in [-0.4, -0.2) is 30.8 Å². The number of anilines is 1. The molecule has 0 unspecified atom stereocenters. The molecule has 0 saturated heterocycles. The summed E-state index contributed by atoms with van der Waals surface area (Å²) in [6.07, 6.45) is 1.67. The van der Waals surface area contributed by atoms with Gasteiger partial charge in [0.1, 0.15) is 5.82 Å². The highest BCUT2D eigenvalue weighted by Gasteiger charge is 1.98. The summed E-state index contributed by atoms with van der Waals surface area (Å²) in [5.74, 6) is 0.582. The Hall–Kier alpha value is -1.52. The van der Waals surface area contributed by atoms with Gasteiger partial charge in [-0.05, 0) is 6.07 Å². The Balaban J connectivity index is 3.12. The molecular weight excluding hydrogens is 156 g/mol. The minimum absolute atomic E-state index is 0.285. The molecule has 1 aromatic heterocycles. The van der Waals surface area contributed by atoms with Gasteiger partial charge < -0.3 is 10.3 Å². The van der Waals surface area contributed by atoms with Gasteiger partial charge in [-0.15, -0.1) is 0 Å². The molecule has 66 valence electrons. The second-order valence-corrected chi connectivity index (χ2v) is 2.54. The molecule has 0 aromatic carbocycles. The van der Waals surface area contributed by atoms with Gasteiger partial charge in [0.05, 0.1) is 0 Å². The van der Waals surface area contributed by atoms with Gasteiger partial charge in [-0.2, -0.15) is 4.98 Å². The molecule has 1 heterocycles. The van der Waals surface area contributed by atoms with Crippen molar-refractivity contribution in [3.8, 4) is 0 Å². The van der Waals surface area contributed by atoms with Crippen molar-refractivity contribution in [3.63, 3.8) is 0 Å². The number of nitrogens with one attached hydrogen (secondary N) is 1. The van der Waals surface area contributed by atoms with Crippen molar-refractivity contribution in [1.82, 2.24) is 9.66 Å². The molecule has 0 aliphatic rings. The summed E-state index contributed by atoms with van der Waals surface area (Å²) in [5, 5.41) is 4.45. The zero-order chi connectivity index (χ0) is 9.14.